The first-order valence-electron chi connectivity index (χ1n) is 10.3. The lowest BCUT2D eigenvalue weighted by Crippen LogP contribution is -2.37. The minimum Gasteiger partial charge on any atom is -0.383 e. The van der Waals surface area contributed by atoms with Crippen molar-refractivity contribution in [3.63, 3.8) is 0 Å². The third-order valence-electron chi connectivity index (χ3n) is 6.58. The fraction of sp³-hybridized carbons (Fsp3) is 0.364. The summed E-state index contributed by atoms with van der Waals surface area (Å²) in [5.74, 6) is -1.53. The minimum atomic E-state index is -1.06. The van der Waals surface area contributed by atoms with Crippen molar-refractivity contribution >= 4 is 51.1 Å². The van der Waals surface area contributed by atoms with Gasteiger partial charge in [0, 0.05) is 36.5 Å². The molecule has 0 bridgehead atoms. The summed E-state index contributed by atoms with van der Waals surface area (Å²) in [6.07, 6.45) is 2.82. The second-order valence-electron chi connectivity index (χ2n) is 8.54. The van der Waals surface area contributed by atoms with E-state index < -0.39 is 17.2 Å². The van der Waals surface area contributed by atoms with E-state index in [4.69, 9.17) is 22.1 Å². The van der Waals surface area contributed by atoms with Gasteiger partial charge in [-0.25, -0.2) is 23.7 Å². The van der Waals surface area contributed by atoms with Gasteiger partial charge in [0.25, 0.3) is 0 Å². The molecule has 0 amide bonds. The highest BCUT2D eigenvalue weighted by atomic mass is 35.5. The summed E-state index contributed by atoms with van der Waals surface area (Å²) >= 11 is 7.45. The molecule has 5 rings (SSSR count). The molecule has 0 spiro atoms. The van der Waals surface area contributed by atoms with Crippen LogP contribution in [0.3, 0.4) is 0 Å². The zero-order valence-electron chi connectivity index (χ0n) is 18.1. The van der Waals surface area contributed by atoms with Gasteiger partial charge in [-0.3, -0.25) is 4.99 Å². The van der Waals surface area contributed by atoms with E-state index in [2.05, 4.69) is 32.2 Å². The first-order chi connectivity index (χ1) is 15.7. The van der Waals surface area contributed by atoms with E-state index in [0.717, 1.165) is 6.07 Å². The Labute approximate surface area is 198 Å². The molecule has 3 heterocycles. The number of nitrogens with two attached hydrogens (primary N) is 1. The number of hydrogen-bond acceptors (Lipinski definition) is 8. The van der Waals surface area contributed by atoms with Crippen LogP contribution in [0.4, 0.5) is 20.3 Å². The molecule has 11 heteroatoms. The Morgan fingerprint density at radius 3 is 2.79 bits per heavy atom. The zero-order chi connectivity index (χ0) is 23.5. The molecule has 1 aliphatic carbocycles. The lowest BCUT2D eigenvalue weighted by atomic mass is 9.84. The molecular formula is C22H21ClF2N6OS. The number of halogens is 3. The van der Waals surface area contributed by atoms with Gasteiger partial charge in [-0.05, 0) is 25.0 Å². The Hall–Kier alpha value is -2.56. The molecule has 0 saturated heterocycles. The Balaban J connectivity index is 1.59. The number of hydrogen-bond donors (Lipinski definition) is 2. The van der Waals surface area contributed by atoms with Gasteiger partial charge in [-0.1, -0.05) is 30.3 Å². The van der Waals surface area contributed by atoms with Gasteiger partial charge >= 0.3 is 0 Å². The number of ether oxygens (including phenoxy) is 1. The summed E-state index contributed by atoms with van der Waals surface area (Å²) < 4.78 is 35.1. The third kappa shape index (κ3) is 3.43. The summed E-state index contributed by atoms with van der Waals surface area (Å²) in [6.45, 7) is 4.30. The number of rotatable bonds is 5. The van der Waals surface area contributed by atoms with Crippen LogP contribution < -0.4 is 11.1 Å². The van der Waals surface area contributed by atoms with Crippen LogP contribution in [0.1, 0.15) is 19.4 Å². The molecular weight excluding hydrogens is 470 g/mol. The van der Waals surface area contributed by atoms with Crippen LogP contribution in [-0.4, -0.2) is 38.6 Å². The van der Waals surface area contributed by atoms with E-state index in [1.54, 1.807) is 26.2 Å². The SMILES string of the molecule is COC[C@@]12SC(N)=N[C@](C)(c3cc(Nc4ncnc5cc(Cl)cnc45)cc(F)c3F)[C@@H]1[C@@H]2C. The van der Waals surface area contributed by atoms with Gasteiger partial charge in [-0.15, -0.1) is 0 Å². The number of thioether (sulfide) groups is 1. The maximum absolute atomic E-state index is 15.2. The Kier molecular flexibility index (Phi) is 5.22. The smallest absolute Gasteiger partial charge is 0.164 e. The third-order valence-corrected chi connectivity index (χ3v) is 8.21. The number of amidine groups is 1. The van der Waals surface area contributed by atoms with E-state index in [-0.39, 0.29) is 22.1 Å². The Morgan fingerprint density at radius 2 is 2.03 bits per heavy atom. The number of pyridine rings is 1. The van der Waals surface area contributed by atoms with Gasteiger partial charge in [-0.2, -0.15) is 0 Å². The summed E-state index contributed by atoms with van der Waals surface area (Å²) in [7, 11) is 1.62. The number of aromatic nitrogens is 3. The van der Waals surface area contributed by atoms with Crippen LogP contribution in [-0.2, 0) is 10.3 Å². The molecule has 0 radical (unpaired) electrons. The molecule has 2 aliphatic rings. The Morgan fingerprint density at radius 1 is 1.24 bits per heavy atom. The van der Waals surface area contributed by atoms with E-state index in [1.165, 1.54) is 24.3 Å². The number of nitrogens with one attached hydrogen (secondary N) is 1. The summed E-state index contributed by atoms with van der Waals surface area (Å²) in [6, 6.07) is 4.28. The largest absolute Gasteiger partial charge is 0.383 e. The van der Waals surface area contributed by atoms with Crippen LogP contribution in [0, 0.1) is 23.5 Å². The second-order valence-corrected chi connectivity index (χ2v) is 10.4. The standard InChI is InChI=1S/C22H21ClF2N6OS/c1-10-18-21(2,31-20(26)33-22(10,18)8-32-3)13-5-12(6-14(24)16(13)25)30-19-17-15(28-9-29-19)4-11(23)7-27-17/h4-7,9-10,18H,8H2,1-3H3,(H2,26,31)(H,28,29,30)/t10-,18-,21+,22-/m0/s1. The predicted octanol–water partition coefficient (Wildman–Crippen LogP) is 4.63. The quantitative estimate of drug-likeness (QED) is 0.538. The molecule has 0 unspecified atom stereocenters. The first-order valence-corrected chi connectivity index (χ1v) is 11.4. The molecule has 172 valence electrons. The van der Waals surface area contributed by atoms with Crippen molar-refractivity contribution < 1.29 is 13.5 Å². The maximum Gasteiger partial charge on any atom is 0.164 e. The Bertz CT molecular complexity index is 1310. The summed E-state index contributed by atoms with van der Waals surface area (Å²) in [4.78, 5) is 17.2. The average molecular weight is 491 g/mol. The molecule has 33 heavy (non-hydrogen) atoms. The normalized spacial score (nSPS) is 28.4. The van der Waals surface area contributed by atoms with Crippen molar-refractivity contribution in [3.05, 3.63) is 52.9 Å². The molecule has 1 saturated carbocycles. The van der Waals surface area contributed by atoms with E-state index in [1.807, 2.05) is 0 Å². The minimum absolute atomic E-state index is 0.0740. The molecule has 7 nitrogen and oxygen atoms in total. The second kappa shape index (κ2) is 7.75. The number of anilines is 2. The van der Waals surface area contributed by atoms with Crippen molar-refractivity contribution in [1.82, 2.24) is 15.0 Å². The maximum atomic E-state index is 15.2. The molecule has 4 atom stereocenters. The van der Waals surface area contributed by atoms with Crippen LogP contribution >= 0.6 is 23.4 Å². The van der Waals surface area contributed by atoms with Crippen LogP contribution in [0.2, 0.25) is 5.02 Å². The number of aliphatic imine (C=N–C) groups is 1. The van der Waals surface area contributed by atoms with Gasteiger partial charge < -0.3 is 15.8 Å². The molecule has 1 fully saturated rings. The highest BCUT2D eigenvalue weighted by Crippen LogP contribution is 2.69. The fourth-order valence-corrected chi connectivity index (χ4v) is 6.88. The van der Waals surface area contributed by atoms with Crippen molar-refractivity contribution in [2.45, 2.75) is 24.1 Å². The number of fused-ring (bicyclic) bond motifs is 2. The van der Waals surface area contributed by atoms with Gasteiger partial charge in [0.2, 0.25) is 0 Å². The van der Waals surface area contributed by atoms with E-state index >= 15 is 4.39 Å². The fourth-order valence-electron chi connectivity index (χ4n) is 5.12. The number of methoxy groups -OCH3 is 1. The van der Waals surface area contributed by atoms with Crippen LogP contribution in [0.5, 0.6) is 0 Å². The average Bonchev–Trinajstić information content (AvgIpc) is 3.34. The topological polar surface area (TPSA) is 98.3 Å². The predicted molar refractivity (Wildman–Crippen MR) is 126 cm³/mol. The molecule has 3 N–H and O–H groups in total. The van der Waals surface area contributed by atoms with E-state index in [9.17, 15) is 4.39 Å². The zero-order valence-corrected chi connectivity index (χ0v) is 19.6. The van der Waals surface area contributed by atoms with Crippen LogP contribution in [0.25, 0.3) is 11.0 Å². The van der Waals surface area contributed by atoms with Gasteiger partial charge in [0.15, 0.2) is 22.6 Å². The molecule has 3 aromatic rings. The summed E-state index contributed by atoms with van der Waals surface area (Å²) in [5.41, 5.74) is 6.49. The van der Waals surface area contributed by atoms with Gasteiger partial charge in [0.1, 0.15) is 11.8 Å². The number of benzene rings is 1. The van der Waals surface area contributed by atoms with Crippen molar-refractivity contribution in [2.75, 3.05) is 19.0 Å². The van der Waals surface area contributed by atoms with Gasteiger partial charge in [0.05, 0.1) is 27.4 Å². The highest BCUT2D eigenvalue weighted by Gasteiger charge is 2.72. The van der Waals surface area contributed by atoms with E-state index in [0.29, 0.717) is 39.3 Å². The van der Waals surface area contributed by atoms with Crippen molar-refractivity contribution in [1.29, 1.82) is 0 Å². The monoisotopic (exact) mass is 490 g/mol. The van der Waals surface area contributed by atoms with Crippen molar-refractivity contribution in [2.24, 2.45) is 22.6 Å². The van der Waals surface area contributed by atoms with Crippen LogP contribution in [0.15, 0.2) is 35.7 Å². The number of nitrogens with zero attached hydrogens (tertiary/aromatic N) is 4. The lowest BCUT2D eigenvalue weighted by molar-refractivity contribution is 0.183. The summed E-state index contributed by atoms with van der Waals surface area (Å²) in [5, 5.41) is 3.80. The molecule has 2 aromatic heterocycles. The van der Waals surface area contributed by atoms with Crippen molar-refractivity contribution in [3.8, 4) is 0 Å². The highest BCUT2D eigenvalue weighted by molar-refractivity contribution is 8.15. The lowest BCUT2D eigenvalue weighted by Gasteiger charge is -2.34. The molecule has 1 aromatic carbocycles. The molecule has 1 aliphatic heterocycles. The first kappa shape index (κ1) is 22.2.